The largest absolute Gasteiger partial charge is 0.497 e. The summed E-state index contributed by atoms with van der Waals surface area (Å²) >= 11 is 0. The van der Waals surface area contributed by atoms with Crippen molar-refractivity contribution in [3.05, 3.63) is 120 Å². The van der Waals surface area contributed by atoms with Crippen LogP contribution in [0.3, 0.4) is 0 Å². The van der Waals surface area contributed by atoms with E-state index in [0.29, 0.717) is 29.5 Å². The minimum atomic E-state index is -0.334. The number of nitrogens with zero attached hydrogens (tertiary/aromatic N) is 2. The number of carbonyl (C=O) groups is 1. The number of nitrogens with one attached hydrogen (secondary N) is 1. The van der Waals surface area contributed by atoms with Crippen LogP contribution in [-0.4, -0.2) is 29.5 Å². The predicted molar refractivity (Wildman–Crippen MR) is 152 cm³/mol. The lowest BCUT2D eigenvalue weighted by molar-refractivity contribution is -0.116. The molecule has 1 amide bonds. The molecule has 5 rings (SSSR count). The van der Waals surface area contributed by atoms with Gasteiger partial charge in [0.05, 0.1) is 19.9 Å². The highest BCUT2D eigenvalue weighted by molar-refractivity contribution is 5.91. The van der Waals surface area contributed by atoms with Gasteiger partial charge in [0.15, 0.2) is 11.4 Å². The molecule has 39 heavy (non-hydrogen) atoms. The second-order valence-electron chi connectivity index (χ2n) is 9.34. The van der Waals surface area contributed by atoms with E-state index < -0.39 is 0 Å². The van der Waals surface area contributed by atoms with E-state index in [9.17, 15) is 4.79 Å². The number of pyridine rings is 1. The summed E-state index contributed by atoms with van der Waals surface area (Å²) in [7, 11) is 3.23. The summed E-state index contributed by atoms with van der Waals surface area (Å²) in [5, 5.41) is 3.03. The SMILES string of the molecule is COc1cc(OC)cc(C(CC(=O)Nc2ccc(C)cc2)c2cnc3c(OCc4ccccc4)cccn23)c1. The summed E-state index contributed by atoms with van der Waals surface area (Å²) in [5.41, 5.74) is 5.36. The molecular weight excluding hydrogens is 490 g/mol. The average Bonchev–Trinajstić information content (AvgIpc) is 3.40. The third-order valence-electron chi connectivity index (χ3n) is 6.62. The van der Waals surface area contributed by atoms with Gasteiger partial charge in [-0.05, 0) is 54.4 Å². The normalized spacial score (nSPS) is 11.7. The molecule has 0 saturated carbocycles. The Bertz CT molecular complexity index is 1540. The van der Waals surface area contributed by atoms with E-state index >= 15 is 0 Å². The van der Waals surface area contributed by atoms with Crippen LogP contribution in [0.15, 0.2) is 97.3 Å². The van der Waals surface area contributed by atoms with Crippen molar-refractivity contribution in [1.29, 1.82) is 0 Å². The molecule has 0 aliphatic carbocycles. The van der Waals surface area contributed by atoms with Crippen molar-refractivity contribution < 1.29 is 19.0 Å². The Morgan fingerprint density at radius 2 is 1.64 bits per heavy atom. The summed E-state index contributed by atoms with van der Waals surface area (Å²) in [6.45, 7) is 2.44. The minimum absolute atomic E-state index is 0.114. The zero-order chi connectivity index (χ0) is 27.2. The molecule has 0 aliphatic heterocycles. The van der Waals surface area contributed by atoms with E-state index in [2.05, 4.69) is 5.32 Å². The molecule has 0 aliphatic rings. The lowest BCUT2D eigenvalue weighted by Crippen LogP contribution is -2.17. The molecule has 2 aromatic heterocycles. The van der Waals surface area contributed by atoms with E-state index in [1.807, 2.05) is 102 Å². The smallest absolute Gasteiger partial charge is 0.225 e. The third-order valence-corrected chi connectivity index (χ3v) is 6.62. The Balaban J connectivity index is 1.50. The molecule has 7 nitrogen and oxygen atoms in total. The predicted octanol–water partition coefficient (Wildman–Crippen LogP) is 6.40. The summed E-state index contributed by atoms with van der Waals surface area (Å²) < 4.78 is 19.2. The van der Waals surface area contributed by atoms with Crippen LogP contribution in [0.2, 0.25) is 0 Å². The first-order valence-corrected chi connectivity index (χ1v) is 12.8. The first-order chi connectivity index (χ1) is 19.0. The van der Waals surface area contributed by atoms with Crippen LogP contribution in [0.25, 0.3) is 5.65 Å². The van der Waals surface area contributed by atoms with Gasteiger partial charge in [-0.1, -0.05) is 48.0 Å². The molecule has 3 aromatic carbocycles. The molecule has 1 N–H and O–H groups in total. The first kappa shape index (κ1) is 25.9. The van der Waals surface area contributed by atoms with E-state index in [0.717, 1.165) is 28.1 Å². The van der Waals surface area contributed by atoms with Crippen LogP contribution >= 0.6 is 0 Å². The molecule has 0 radical (unpaired) electrons. The molecular formula is C32H31N3O4. The Morgan fingerprint density at radius 3 is 2.33 bits per heavy atom. The van der Waals surface area contributed by atoms with Crippen molar-refractivity contribution in [3.8, 4) is 17.2 Å². The minimum Gasteiger partial charge on any atom is -0.497 e. The van der Waals surface area contributed by atoms with E-state index in [1.165, 1.54) is 0 Å². The molecule has 198 valence electrons. The van der Waals surface area contributed by atoms with Gasteiger partial charge in [-0.3, -0.25) is 4.79 Å². The van der Waals surface area contributed by atoms with Crippen molar-refractivity contribution in [3.63, 3.8) is 0 Å². The maximum Gasteiger partial charge on any atom is 0.225 e. The standard InChI is InChI=1S/C32H31N3O4/c1-22-11-13-25(14-12-22)34-31(36)19-28(24-16-26(37-2)18-27(17-24)38-3)29-20-33-32-30(10-7-15-35(29)32)39-21-23-8-5-4-6-9-23/h4-18,20,28H,19,21H2,1-3H3,(H,34,36). The number of ether oxygens (including phenoxy) is 3. The Hall–Kier alpha value is -4.78. The number of aromatic nitrogens is 2. The fourth-order valence-electron chi connectivity index (χ4n) is 4.57. The van der Waals surface area contributed by atoms with Gasteiger partial charge >= 0.3 is 0 Å². The van der Waals surface area contributed by atoms with Gasteiger partial charge in [0.2, 0.25) is 5.91 Å². The number of hydrogen-bond donors (Lipinski definition) is 1. The summed E-state index contributed by atoms with van der Waals surface area (Å²) in [6.07, 6.45) is 3.93. The Labute approximate surface area is 228 Å². The number of benzene rings is 3. The molecule has 5 aromatic rings. The maximum absolute atomic E-state index is 13.3. The van der Waals surface area contributed by atoms with Crippen molar-refractivity contribution in [2.45, 2.75) is 25.9 Å². The summed E-state index contributed by atoms with van der Waals surface area (Å²) in [6, 6.07) is 27.3. The molecule has 0 fully saturated rings. The molecule has 0 spiro atoms. The number of amides is 1. The van der Waals surface area contributed by atoms with Crippen LogP contribution in [0.5, 0.6) is 17.2 Å². The van der Waals surface area contributed by atoms with E-state index in [1.54, 1.807) is 20.4 Å². The number of fused-ring (bicyclic) bond motifs is 1. The van der Waals surface area contributed by atoms with Gasteiger partial charge in [0.25, 0.3) is 0 Å². The fraction of sp³-hybridized carbons (Fsp3) is 0.188. The van der Waals surface area contributed by atoms with Crippen LogP contribution in [0, 0.1) is 6.92 Å². The molecule has 7 heteroatoms. The number of aryl methyl sites for hydroxylation is 1. The first-order valence-electron chi connectivity index (χ1n) is 12.8. The van der Waals surface area contributed by atoms with Gasteiger partial charge in [0.1, 0.15) is 18.1 Å². The van der Waals surface area contributed by atoms with Crippen molar-refractivity contribution in [2.24, 2.45) is 0 Å². The quantitative estimate of drug-likeness (QED) is 0.230. The van der Waals surface area contributed by atoms with E-state index in [-0.39, 0.29) is 18.2 Å². The van der Waals surface area contributed by atoms with Crippen LogP contribution < -0.4 is 19.5 Å². The molecule has 0 bridgehead atoms. The topological polar surface area (TPSA) is 74.1 Å². The van der Waals surface area contributed by atoms with Crippen molar-refractivity contribution in [2.75, 3.05) is 19.5 Å². The molecule has 0 saturated heterocycles. The van der Waals surface area contributed by atoms with Gasteiger partial charge in [-0.25, -0.2) is 4.98 Å². The number of hydrogen-bond acceptors (Lipinski definition) is 5. The number of rotatable bonds is 10. The van der Waals surface area contributed by atoms with Crippen molar-refractivity contribution >= 4 is 17.2 Å². The molecule has 1 atom stereocenters. The highest BCUT2D eigenvalue weighted by Gasteiger charge is 2.24. The van der Waals surface area contributed by atoms with Crippen LogP contribution in [-0.2, 0) is 11.4 Å². The van der Waals surface area contributed by atoms with Crippen LogP contribution in [0.1, 0.15) is 34.7 Å². The van der Waals surface area contributed by atoms with Crippen molar-refractivity contribution in [1.82, 2.24) is 9.38 Å². The monoisotopic (exact) mass is 521 g/mol. The average molecular weight is 522 g/mol. The molecule has 1 unspecified atom stereocenters. The lowest BCUT2D eigenvalue weighted by atomic mass is 9.91. The fourth-order valence-corrected chi connectivity index (χ4v) is 4.57. The maximum atomic E-state index is 13.3. The van der Waals surface area contributed by atoms with E-state index in [4.69, 9.17) is 19.2 Å². The molecule has 2 heterocycles. The summed E-state index contributed by atoms with van der Waals surface area (Å²) in [5.74, 6) is 1.51. The second kappa shape index (κ2) is 11.7. The zero-order valence-electron chi connectivity index (χ0n) is 22.3. The highest BCUT2D eigenvalue weighted by atomic mass is 16.5. The highest BCUT2D eigenvalue weighted by Crippen LogP contribution is 2.35. The third kappa shape index (κ3) is 6.04. The lowest BCUT2D eigenvalue weighted by Gasteiger charge is -2.19. The van der Waals surface area contributed by atoms with Gasteiger partial charge in [-0.15, -0.1) is 0 Å². The van der Waals surface area contributed by atoms with Gasteiger partial charge in [0, 0.05) is 36.5 Å². The number of carbonyl (C=O) groups excluding carboxylic acids is 1. The Kier molecular flexibility index (Phi) is 7.78. The Morgan fingerprint density at radius 1 is 0.923 bits per heavy atom. The number of methoxy groups -OCH3 is 2. The number of anilines is 1. The number of imidazole rings is 1. The van der Waals surface area contributed by atoms with Crippen LogP contribution in [0.4, 0.5) is 5.69 Å². The summed E-state index contributed by atoms with van der Waals surface area (Å²) in [4.78, 5) is 18.0. The second-order valence-corrected chi connectivity index (χ2v) is 9.34. The van der Waals surface area contributed by atoms with Gasteiger partial charge < -0.3 is 23.9 Å². The zero-order valence-corrected chi connectivity index (χ0v) is 22.3. The van der Waals surface area contributed by atoms with Gasteiger partial charge in [-0.2, -0.15) is 0 Å².